The molecular formula is C17H29IN4O3. The van der Waals surface area contributed by atoms with Crippen molar-refractivity contribution in [3.8, 4) is 5.75 Å². The summed E-state index contributed by atoms with van der Waals surface area (Å²) in [7, 11) is 3.29. The summed E-state index contributed by atoms with van der Waals surface area (Å²) in [6.45, 7) is 5.32. The van der Waals surface area contributed by atoms with Gasteiger partial charge in [-0.2, -0.15) is 0 Å². The van der Waals surface area contributed by atoms with Crippen molar-refractivity contribution in [1.82, 2.24) is 16.0 Å². The standard InChI is InChI=1S/C17H28N4O3.HI/c1-4-24-12-6-9-20-17(18-2)21-11-10-19-16(22)14-7-5-8-15(13-14)23-3;/h5,7-8,13H,4,6,9-12H2,1-3H3,(H,19,22)(H2,18,20,21);1H. The number of guanidine groups is 1. The van der Waals surface area contributed by atoms with Crippen molar-refractivity contribution in [3.05, 3.63) is 29.8 Å². The first-order chi connectivity index (χ1) is 11.7. The van der Waals surface area contributed by atoms with E-state index in [9.17, 15) is 4.79 Å². The molecular weight excluding hydrogens is 435 g/mol. The Kier molecular flexibility index (Phi) is 13.8. The third kappa shape index (κ3) is 10.1. The van der Waals surface area contributed by atoms with Crippen LogP contribution in [0.2, 0.25) is 0 Å². The Balaban J connectivity index is 0.00000576. The van der Waals surface area contributed by atoms with E-state index in [4.69, 9.17) is 9.47 Å². The molecule has 0 aliphatic carbocycles. The maximum Gasteiger partial charge on any atom is 0.251 e. The van der Waals surface area contributed by atoms with E-state index in [1.54, 1.807) is 38.4 Å². The highest BCUT2D eigenvalue weighted by Gasteiger charge is 2.05. The van der Waals surface area contributed by atoms with Gasteiger partial charge in [0.15, 0.2) is 5.96 Å². The lowest BCUT2D eigenvalue weighted by atomic mass is 10.2. The summed E-state index contributed by atoms with van der Waals surface area (Å²) in [5.41, 5.74) is 0.577. The van der Waals surface area contributed by atoms with Crippen LogP contribution in [0.5, 0.6) is 5.75 Å². The van der Waals surface area contributed by atoms with E-state index < -0.39 is 0 Å². The number of rotatable bonds is 10. The zero-order chi connectivity index (χ0) is 17.6. The molecule has 3 N–H and O–H groups in total. The Labute approximate surface area is 167 Å². The van der Waals surface area contributed by atoms with E-state index in [-0.39, 0.29) is 29.9 Å². The van der Waals surface area contributed by atoms with Crippen molar-refractivity contribution in [1.29, 1.82) is 0 Å². The number of aliphatic imine (C=N–C) groups is 1. The molecule has 25 heavy (non-hydrogen) atoms. The number of ether oxygens (including phenoxy) is 2. The SMILES string of the molecule is CCOCCCNC(=NC)NCCNC(=O)c1cccc(OC)c1.I. The molecule has 142 valence electrons. The second kappa shape index (κ2) is 14.8. The molecule has 0 saturated heterocycles. The Morgan fingerprint density at radius 1 is 1.16 bits per heavy atom. The van der Waals surface area contributed by atoms with Gasteiger partial charge in [-0.1, -0.05) is 6.07 Å². The molecule has 0 saturated carbocycles. The molecule has 0 unspecified atom stereocenters. The molecule has 0 bridgehead atoms. The van der Waals surface area contributed by atoms with Crippen LogP contribution in [0.15, 0.2) is 29.3 Å². The average Bonchev–Trinajstić information content (AvgIpc) is 2.63. The summed E-state index contributed by atoms with van der Waals surface area (Å²) >= 11 is 0. The van der Waals surface area contributed by atoms with Crippen LogP contribution in [-0.2, 0) is 4.74 Å². The van der Waals surface area contributed by atoms with Gasteiger partial charge in [-0.05, 0) is 31.5 Å². The second-order valence-corrected chi connectivity index (χ2v) is 4.96. The number of carbonyl (C=O) groups is 1. The smallest absolute Gasteiger partial charge is 0.251 e. The molecule has 1 amide bonds. The third-order valence-electron chi connectivity index (χ3n) is 3.22. The number of methoxy groups -OCH3 is 1. The minimum atomic E-state index is -0.129. The Morgan fingerprint density at radius 3 is 2.56 bits per heavy atom. The topological polar surface area (TPSA) is 84.0 Å². The molecule has 7 nitrogen and oxygen atoms in total. The van der Waals surface area contributed by atoms with Crippen LogP contribution < -0.4 is 20.7 Å². The Morgan fingerprint density at radius 2 is 1.88 bits per heavy atom. The van der Waals surface area contributed by atoms with Crippen LogP contribution in [0.4, 0.5) is 0 Å². The highest BCUT2D eigenvalue weighted by atomic mass is 127. The molecule has 1 aromatic carbocycles. The van der Waals surface area contributed by atoms with Crippen molar-refractivity contribution >= 4 is 35.8 Å². The highest BCUT2D eigenvalue weighted by Crippen LogP contribution is 2.11. The second-order valence-electron chi connectivity index (χ2n) is 4.96. The molecule has 0 aliphatic rings. The minimum absolute atomic E-state index is 0. The number of nitrogens with one attached hydrogen (secondary N) is 3. The van der Waals surface area contributed by atoms with Gasteiger partial charge in [0.1, 0.15) is 5.75 Å². The number of halogens is 1. The van der Waals surface area contributed by atoms with E-state index in [2.05, 4.69) is 20.9 Å². The van der Waals surface area contributed by atoms with Gasteiger partial charge in [0, 0.05) is 45.5 Å². The molecule has 0 atom stereocenters. The third-order valence-corrected chi connectivity index (χ3v) is 3.22. The van der Waals surface area contributed by atoms with Crippen molar-refractivity contribution in [2.24, 2.45) is 4.99 Å². The molecule has 0 aliphatic heterocycles. The summed E-state index contributed by atoms with van der Waals surface area (Å²) in [5.74, 6) is 1.25. The molecule has 0 aromatic heterocycles. The Hall–Kier alpha value is -1.55. The fourth-order valence-corrected chi connectivity index (χ4v) is 1.97. The van der Waals surface area contributed by atoms with Crippen LogP contribution in [0.1, 0.15) is 23.7 Å². The summed E-state index contributed by atoms with van der Waals surface area (Å²) in [4.78, 5) is 16.2. The van der Waals surface area contributed by atoms with Gasteiger partial charge in [-0.25, -0.2) is 0 Å². The maximum absolute atomic E-state index is 12.0. The fourth-order valence-electron chi connectivity index (χ4n) is 1.97. The Bertz CT molecular complexity index is 526. The first kappa shape index (κ1) is 23.4. The zero-order valence-corrected chi connectivity index (χ0v) is 17.5. The van der Waals surface area contributed by atoms with Crippen LogP contribution >= 0.6 is 24.0 Å². The van der Waals surface area contributed by atoms with E-state index in [1.165, 1.54) is 0 Å². The number of hydrogen-bond donors (Lipinski definition) is 3. The fraction of sp³-hybridized carbons (Fsp3) is 0.529. The molecule has 0 spiro atoms. The predicted molar refractivity (Wildman–Crippen MR) is 111 cm³/mol. The first-order valence-electron chi connectivity index (χ1n) is 8.15. The quantitative estimate of drug-likeness (QED) is 0.212. The number of amides is 1. The zero-order valence-electron chi connectivity index (χ0n) is 15.1. The summed E-state index contributed by atoms with van der Waals surface area (Å²) in [6.07, 6.45) is 0.918. The van der Waals surface area contributed by atoms with Gasteiger partial charge < -0.3 is 25.4 Å². The van der Waals surface area contributed by atoms with E-state index in [1.807, 2.05) is 6.92 Å². The van der Waals surface area contributed by atoms with Crippen LogP contribution in [0.3, 0.4) is 0 Å². The van der Waals surface area contributed by atoms with E-state index >= 15 is 0 Å². The monoisotopic (exact) mass is 464 g/mol. The largest absolute Gasteiger partial charge is 0.497 e. The lowest BCUT2D eigenvalue weighted by molar-refractivity contribution is 0.0954. The van der Waals surface area contributed by atoms with Gasteiger partial charge in [0.05, 0.1) is 7.11 Å². The van der Waals surface area contributed by atoms with Crippen LogP contribution in [-0.4, -0.2) is 58.9 Å². The predicted octanol–water partition coefficient (Wildman–Crippen LogP) is 1.63. The molecule has 1 rings (SSSR count). The first-order valence-corrected chi connectivity index (χ1v) is 8.15. The van der Waals surface area contributed by atoms with Gasteiger partial charge in [-0.15, -0.1) is 24.0 Å². The van der Waals surface area contributed by atoms with Crippen LogP contribution in [0.25, 0.3) is 0 Å². The summed E-state index contributed by atoms with van der Waals surface area (Å²) in [6, 6.07) is 7.06. The highest BCUT2D eigenvalue weighted by molar-refractivity contribution is 14.0. The van der Waals surface area contributed by atoms with E-state index in [0.717, 1.165) is 26.2 Å². The van der Waals surface area contributed by atoms with Gasteiger partial charge in [0.25, 0.3) is 5.91 Å². The summed E-state index contributed by atoms with van der Waals surface area (Å²) < 4.78 is 10.4. The maximum atomic E-state index is 12.0. The van der Waals surface area contributed by atoms with Crippen molar-refractivity contribution in [2.75, 3.05) is 47.0 Å². The normalized spacial score (nSPS) is 10.6. The van der Waals surface area contributed by atoms with Crippen molar-refractivity contribution in [2.45, 2.75) is 13.3 Å². The minimum Gasteiger partial charge on any atom is -0.497 e. The van der Waals surface area contributed by atoms with Crippen LogP contribution in [0, 0.1) is 0 Å². The van der Waals surface area contributed by atoms with Crippen molar-refractivity contribution < 1.29 is 14.3 Å². The number of hydrogen-bond acceptors (Lipinski definition) is 4. The lowest BCUT2D eigenvalue weighted by Crippen LogP contribution is -2.42. The molecule has 1 aromatic rings. The summed E-state index contributed by atoms with van der Waals surface area (Å²) in [5, 5.41) is 9.20. The number of nitrogens with zero attached hydrogens (tertiary/aromatic N) is 1. The van der Waals surface area contributed by atoms with Gasteiger partial charge in [-0.3, -0.25) is 9.79 Å². The van der Waals surface area contributed by atoms with Gasteiger partial charge >= 0.3 is 0 Å². The molecule has 0 fully saturated rings. The van der Waals surface area contributed by atoms with Gasteiger partial charge in [0.2, 0.25) is 0 Å². The number of carbonyl (C=O) groups excluding carboxylic acids is 1. The molecule has 8 heteroatoms. The molecule has 0 heterocycles. The average molecular weight is 464 g/mol. The molecule has 0 radical (unpaired) electrons. The van der Waals surface area contributed by atoms with E-state index in [0.29, 0.717) is 30.4 Å². The lowest BCUT2D eigenvalue weighted by Gasteiger charge is -2.12. The number of benzene rings is 1. The van der Waals surface area contributed by atoms with Crippen molar-refractivity contribution in [3.63, 3.8) is 0 Å².